The molecule has 0 bridgehead atoms. The molecule has 0 heterocycles. The Morgan fingerprint density at radius 3 is 2.57 bits per heavy atom. The minimum atomic E-state index is -0.181. The van der Waals surface area contributed by atoms with Crippen molar-refractivity contribution >= 4 is 11.8 Å². The van der Waals surface area contributed by atoms with Crippen molar-refractivity contribution in [2.24, 2.45) is 11.8 Å². The average molecular weight is 316 g/mol. The lowest BCUT2D eigenvalue weighted by molar-refractivity contribution is -0.122. The van der Waals surface area contributed by atoms with Gasteiger partial charge in [-0.1, -0.05) is 44.9 Å². The van der Waals surface area contributed by atoms with E-state index in [1.165, 1.54) is 12.8 Å². The number of hydrogen-bond donors (Lipinski definition) is 2. The molecule has 4 nitrogen and oxygen atoms in total. The summed E-state index contributed by atoms with van der Waals surface area (Å²) in [6, 6.07) is 9.17. The molecule has 4 unspecified atom stereocenters. The molecule has 1 aliphatic rings. The van der Waals surface area contributed by atoms with Crippen molar-refractivity contribution in [3.8, 4) is 0 Å². The van der Waals surface area contributed by atoms with Crippen molar-refractivity contribution in [3.05, 3.63) is 35.9 Å². The molecule has 2 rings (SSSR count). The van der Waals surface area contributed by atoms with Gasteiger partial charge in [0.25, 0.3) is 5.91 Å². The number of nitrogens with one attached hydrogen (secondary N) is 2. The van der Waals surface area contributed by atoms with Gasteiger partial charge in [-0.15, -0.1) is 0 Å². The van der Waals surface area contributed by atoms with E-state index in [2.05, 4.69) is 24.5 Å². The monoisotopic (exact) mass is 316 g/mol. The lowest BCUT2D eigenvalue weighted by Crippen LogP contribution is -2.45. The molecule has 2 N–H and O–H groups in total. The van der Waals surface area contributed by atoms with Crippen LogP contribution in [0.2, 0.25) is 0 Å². The van der Waals surface area contributed by atoms with Gasteiger partial charge in [0.1, 0.15) is 0 Å². The second kappa shape index (κ2) is 8.14. The summed E-state index contributed by atoms with van der Waals surface area (Å²) in [6.45, 7) is 6.34. The molecule has 0 aliphatic heterocycles. The van der Waals surface area contributed by atoms with Gasteiger partial charge < -0.3 is 10.6 Å². The molecule has 0 aromatic heterocycles. The van der Waals surface area contributed by atoms with Gasteiger partial charge in [0, 0.05) is 24.1 Å². The maximum Gasteiger partial charge on any atom is 0.251 e. The fourth-order valence-corrected chi connectivity index (χ4v) is 3.28. The molecule has 23 heavy (non-hydrogen) atoms. The second-order valence-corrected chi connectivity index (χ2v) is 6.89. The zero-order valence-corrected chi connectivity index (χ0v) is 14.3. The Morgan fingerprint density at radius 1 is 1.17 bits per heavy atom. The largest absolute Gasteiger partial charge is 0.353 e. The maximum atomic E-state index is 12.2. The van der Waals surface area contributed by atoms with E-state index < -0.39 is 0 Å². The molecule has 1 aliphatic carbocycles. The van der Waals surface area contributed by atoms with Gasteiger partial charge in [0.15, 0.2) is 0 Å². The third kappa shape index (κ3) is 5.08. The highest BCUT2D eigenvalue weighted by atomic mass is 16.2. The number of carbonyl (C=O) groups excluding carboxylic acids is 2. The molecule has 4 atom stereocenters. The van der Waals surface area contributed by atoms with E-state index in [1.54, 1.807) is 12.1 Å². The molecule has 126 valence electrons. The van der Waals surface area contributed by atoms with E-state index >= 15 is 0 Å². The Bertz CT molecular complexity index is 529. The van der Waals surface area contributed by atoms with Crippen LogP contribution >= 0.6 is 0 Å². The van der Waals surface area contributed by atoms with E-state index in [-0.39, 0.29) is 23.9 Å². The molecule has 4 heteroatoms. The Balaban J connectivity index is 1.79. The fraction of sp³-hybridized carbons (Fsp3) is 0.579. The van der Waals surface area contributed by atoms with Crippen LogP contribution in [0.25, 0.3) is 0 Å². The van der Waals surface area contributed by atoms with Crippen LogP contribution in [0.15, 0.2) is 30.3 Å². The third-order valence-electron chi connectivity index (χ3n) is 4.96. The molecule has 1 fully saturated rings. The first kappa shape index (κ1) is 17.5. The van der Waals surface area contributed by atoms with Crippen LogP contribution in [0, 0.1) is 11.8 Å². The first-order valence-corrected chi connectivity index (χ1v) is 8.62. The molecular weight excluding hydrogens is 288 g/mol. The Morgan fingerprint density at radius 2 is 1.87 bits per heavy atom. The van der Waals surface area contributed by atoms with Crippen molar-refractivity contribution in [2.45, 2.75) is 58.5 Å². The number of amides is 2. The first-order chi connectivity index (χ1) is 11.0. The summed E-state index contributed by atoms with van der Waals surface area (Å²) in [5.41, 5.74) is 0.620. The van der Waals surface area contributed by atoms with Crippen molar-refractivity contribution < 1.29 is 9.59 Å². The maximum absolute atomic E-state index is 12.2. The molecule has 1 aromatic rings. The Kier molecular flexibility index (Phi) is 6.20. The lowest BCUT2D eigenvalue weighted by Gasteiger charge is -2.34. The van der Waals surface area contributed by atoms with Gasteiger partial charge >= 0.3 is 0 Å². The first-order valence-electron chi connectivity index (χ1n) is 8.62. The summed E-state index contributed by atoms with van der Waals surface area (Å²) in [7, 11) is 0. The topological polar surface area (TPSA) is 58.2 Å². The van der Waals surface area contributed by atoms with Crippen LogP contribution < -0.4 is 10.6 Å². The van der Waals surface area contributed by atoms with Crippen LogP contribution in [0.5, 0.6) is 0 Å². The van der Waals surface area contributed by atoms with Crippen molar-refractivity contribution in [2.75, 3.05) is 0 Å². The van der Waals surface area contributed by atoms with E-state index in [9.17, 15) is 9.59 Å². The molecular formula is C19H28N2O2. The minimum absolute atomic E-state index is 0.0248. The highest BCUT2D eigenvalue weighted by molar-refractivity contribution is 5.94. The van der Waals surface area contributed by atoms with Crippen LogP contribution in [0.4, 0.5) is 0 Å². The highest BCUT2D eigenvalue weighted by Gasteiger charge is 2.28. The SMILES string of the molecule is CC(CC(=O)NC1CCCC(C)C1C)NC(=O)c1ccccc1. The molecule has 0 spiro atoms. The quantitative estimate of drug-likeness (QED) is 0.877. The summed E-state index contributed by atoms with van der Waals surface area (Å²) >= 11 is 0. The number of carbonyl (C=O) groups is 2. The van der Waals surface area contributed by atoms with Crippen LogP contribution in [0.3, 0.4) is 0 Å². The number of hydrogen-bond acceptors (Lipinski definition) is 2. The van der Waals surface area contributed by atoms with Crippen LogP contribution in [0.1, 0.15) is 56.8 Å². The van der Waals surface area contributed by atoms with Crippen molar-refractivity contribution in [1.29, 1.82) is 0 Å². The van der Waals surface area contributed by atoms with E-state index in [0.717, 1.165) is 6.42 Å². The van der Waals surface area contributed by atoms with Gasteiger partial charge in [-0.05, 0) is 37.3 Å². The smallest absolute Gasteiger partial charge is 0.251 e. The lowest BCUT2D eigenvalue weighted by atomic mass is 9.78. The molecule has 1 saturated carbocycles. The predicted octanol–water partition coefficient (Wildman–Crippen LogP) is 3.14. The predicted molar refractivity (Wildman–Crippen MR) is 92.1 cm³/mol. The van der Waals surface area contributed by atoms with Crippen molar-refractivity contribution in [3.63, 3.8) is 0 Å². The number of benzene rings is 1. The normalized spacial score (nSPS) is 25.4. The Labute approximate surface area is 139 Å². The van der Waals surface area contributed by atoms with Gasteiger partial charge in [-0.3, -0.25) is 9.59 Å². The van der Waals surface area contributed by atoms with E-state index in [4.69, 9.17) is 0 Å². The van der Waals surface area contributed by atoms with E-state index in [1.807, 2.05) is 25.1 Å². The standard InChI is InChI=1S/C19H28N2O2/c1-13-8-7-11-17(15(13)3)21-18(22)12-14(2)20-19(23)16-9-5-4-6-10-16/h4-6,9-10,13-15,17H,7-8,11-12H2,1-3H3,(H,20,23)(H,21,22). The minimum Gasteiger partial charge on any atom is -0.353 e. The zero-order chi connectivity index (χ0) is 16.8. The Hall–Kier alpha value is -1.84. The van der Waals surface area contributed by atoms with Crippen molar-refractivity contribution in [1.82, 2.24) is 10.6 Å². The van der Waals surface area contributed by atoms with Crippen LogP contribution in [-0.4, -0.2) is 23.9 Å². The third-order valence-corrected chi connectivity index (χ3v) is 4.96. The summed E-state index contributed by atoms with van der Waals surface area (Å²) in [6.07, 6.45) is 3.80. The van der Waals surface area contributed by atoms with Crippen LogP contribution in [-0.2, 0) is 4.79 Å². The van der Waals surface area contributed by atoms with Gasteiger partial charge in [-0.2, -0.15) is 0 Å². The molecule has 2 amide bonds. The molecule has 1 aromatic carbocycles. The number of rotatable bonds is 5. The summed E-state index contributed by atoms with van der Waals surface area (Å²) < 4.78 is 0. The summed E-state index contributed by atoms with van der Waals surface area (Å²) in [5, 5.41) is 6.04. The van der Waals surface area contributed by atoms with E-state index in [0.29, 0.717) is 23.8 Å². The fourth-order valence-electron chi connectivity index (χ4n) is 3.28. The van der Waals surface area contributed by atoms with Gasteiger partial charge in [0.2, 0.25) is 5.91 Å². The van der Waals surface area contributed by atoms with Gasteiger partial charge in [-0.25, -0.2) is 0 Å². The zero-order valence-electron chi connectivity index (χ0n) is 14.3. The second-order valence-electron chi connectivity index (χ2n) is 6.89. The summed E-state index contributed by atoms with van der Waals surface area (Å²) in [4.78, 5) is 24.3. The molecule has 0 radical (unpaired) electrons. The highest BCUT2D eigenvalue weighted by Crippen LogP contribution is 2.29. The average Bonchev–Trinajstić information content (AvgIpc) is 2.52. The van der Waals surface area contributed by atoms with Gasteiger partial charge in [0.05, 0.1) is 0 Å². The molecule has 0 saturated heterocycles. The summed E-state index contributed by atoms with van der Waals surface area (Å²) in [5.74, 6) is 1.06.